The minimum atomic E-state index is -0.141. The van der Waals surface area contributed by atoms with E-state index >= 15 is 0 Å². The molecular weight excluding hydrogens is 661 g/mol. The molecule has 5 nitrogen and oxygen atoms in total. The fraction of sp³-hybridized carbons (Fsp3) is 0.306. The fourth-order valence-corrected chi connectivity index (χ4v) is 8.67. The van der Waals surface area contributed by atoms with Crippen molar-refractivity contribution in [1.82, 2.24) is 19.3 Å². The summed E-state index contributed by atoms with van der Waals surface area (Å²) >= 11 is 0. The lowest BCUT2D eigenvalue weighted by Crippen LogP contribution is -2.25. The van der Waals surface area contributed by atoms with Crippen LogP contribution in [0.25, 0.3) is 44.4 Å². The second-order valence-corrected chi connectivity index (χ2v) is 17.4. The van der Waals surface area contributed by atoms with Crippen LogP contribution >= 0.6 is 0 Å². The van der Waals surface area contributed by atoms with Gasteiger partial charge in [0.1, 0.15) is 17.3 Å². The van der Waals surface area contributed by atoms with Gasteiger partial charge in [-0.2, -0.15) is 5.10 Å². The summed E-state index contributed by atoms with van der Waals surface area (Å²) in [4.78, 5) is 4.88. The molecule has 7 aromatic rings. The Kier molecular flexibility index (Phi) is 8.87. The molecule has 0 unspecified atom stereocenters. The van der Waals surface area contributed by atoms with Gasteiger partial charge in [0, 0.05) is 51.4 Å². The molecule has 1 aliphatic carbocycles. The van der Waals surface area contributed by atoms with Gasteiger partial charge in [0.15, 0.2) is 0 Å². The van der Waals surface area contributed by atoms with Crippen molar-refractivity contribution in [3.8, 4) is 34.1 Å². The highest BCUT2D eigenvalue weighted by Gasteiger charge is 2.39. The van der Waals surface area contributed by atoms with Gasteiger partial charge in [0.05, 0.1) is 28.1 Å². The monoisotopic (exact) mass is 712 g/mol. The summed E-state index contributed by atoms with van der Waals surface area (Å²) in [6, 6.07) is 36.2. The lowest BCUT2D eigenvalue weighted by Gasteiger charge is -2.34. The van der Waals surface area contributed by atoms with Gasteiger partial charge in [0.2, 0.25) is 0 Å². The average molecular weight is 713 g/mol. The van der Waals surface area contributed by atoms with E-state index in [1.165, 1.54) is 34.3 Å². The van der Waals surface area contributed by atoms with E-state index in [0.29, 0.717) is 11.8 Å². The Morgan fingerprint density at radius 3 is 2.19 bits per heavy atom. The van der Waals surface area contributed by atoms with Crippen molar-refractivity contribution in [2.24, 2.45) is 5.92 Å². The van der Waals surface area contributed by atoms with Crippen LogP contribution in [0.2, 0.25) is 0 Å². The maximum atomic E-state index is 6.81. The van der Waals surface area contributed by atoms with Crippen LogP contribution in [0.3, 0.4) is 0 Å². The summed E-state index contributed by atoms with van der Waals surface area (Å²) in [6.07, 6.45) is 6.69. The van der Waals surface area contributed by atoms with Gasteiger partial charge < -0.3 is 4.74 Å². The van der Waals surface area contributed by atoms with Crippen molar-refractivity contribution in [3.63, 3.8) is 0 Å². The molecule has 0 radical (unpaired) electrons. The highest BCUT2D eigenvalue weighted by Crippen LogP contribution is 2.47. The SMILES string of the molecule is CC1=CCC[C@H](C)[C@@H]1c1c(C(C)(C)C)nn(-c2cc(C)cc(Oc3ccc4c5ccccc5n(-c5cc(-c6ccccc6)ccn5)c4c3)c2)c1C(C)(C)C. The van der Waals surface area contributed by atoms with Crippen LogP contribution in [-0.4, -0.2) is 19.3 Å². The van der Waals surface area contributed by atoms with Crippen LogP contribution in [0.4, 0.5) is 0 Å². The van der Waals surface area contributed by atoms with Crippen molar-refractivity contribution in [2.45, 2.75) is 91.9 Å². The van der Waals surface area contributed by atoms with Gasteiger partial charge in [-0.05, 0) is 91.8 Å². The summed E-state index contributed by atoms with van der Waals surface area (Å²) in [5.74, 6) is 3.32. The minimum absolute atomic E-state index is 0.121. The fourth-order valence-electron chi connectivity index (χ4n) is 8.67. The zero-order valence-electron chi connectivity index (χ0n) is 33.2. The van der Waals surface area contributed by atoms with Gasteiger partial charge in [-0.15, -0.1) is 0 Å². The number of ether oxygens (including phenoxy) is 1. The first kappa shape index (κ1) is 35.6. The van der Waals surface area contributed by atoms with E-state index in [-0.39, 0.29) is 10.8 Å². The number of hydrogen-bond donors (Lipinski definition) is 0. The molecule has 0 N–H and O–H groups in total. The molecule has 0 bridgehead atoms. The molecule has 4 aromatic carbocycles. The third-order valence-corrected chi connectivity index (χ3v) is 11.0. The topological polar surface area (TPSA) is 44.9 Å². The molecule has 0 saturated carbocycles. The summed E-state index contributed by atoms with van der Waals surface area (Å²) < 4.78 is 11.3. The number of aryl methyl sites for hydroxylation is 1. The molecule has 1 aliphatic rings. The van der Waals surface area contributed by atoms with E-state index in [0.717, 1.165) is 62.5 Å². The molecule has 3 heterocycles. The van der Waals surface area contributed by atoms with E-state index in [1.807, 2.05) is 12.3 Å². The van der Waals surface area contributed by atoms with E-state index in [2.05, 4.69) is 175 Å². The molecule has 8 rings (SSSR count). The zero-order chi connectivity index (χ0) is 37.9. The van der Waals surface area contributed by atoms with Crippen LogP contribution in [0, 0.1) is 12.8 Å². The van der Waals surface area contributed by atoms with Crippen LogP contribution in [-0.2, 0) is 10.8 Å². The highest BCUT2D eigenvalue weighted by atomic mass is 16.5. The molecule has 0 aliphatic heterocycles. The lowest BCUT2D eigenvalue weighted by atomic mass is 9.70. The average Bonchev–Trinajstić information content (AvgIpc) is 3.69. The summed E-state index contributed by atoms with van der Waals surface area (Å²) in [6.45, 7) is 20.8. The number of hydrogen-bond acceptors (Lipinski definition) is 3. The number of nitrogens with zero attached hydrogens (tertiary/aromatic N) is 4. The highest BCUT2D eigenvalue weighted by molar-refractivity contribution is 6.09. The van der Waals surface area contributed by atoms with Crippen molar-refractivity contribution < 1.29 is 4.74 Å². The first-order chi connectivity index (χ1) is 25.8. The van der Waals surface area contributed by atoms with Crippen molar-refractivity contribution in [3.05, 3.63) is 143 Å². The number of aromatic nitrogens is 4. The second-order valence-electron chi connectivity index (χ2n) is 17.4. The van der Waals surface area contributed by atoms with Crippen LogP contribution < -0.4 is 4.74 Å². The Balaban J connectivity index is 1.25. The molecule has 274 valence electrons. The molecule has 3 aromatic heterocycles. The number of benzene rings is 4. The maximum absolute atomic E-state index is 6.81. The predicted molar refractivity (Wildman–Crippen MR) is 225 cm³/mol. The van der Waals surface area contributed by atoms with Crippen molar-refractivity contribution in [2.75, 3.05) is 0 Å². The minimum Gasteiger partial charge on any atom is -0.457 e. The number of para-hydroxylation sites is 1. The van der Waals surface area contributed by atoms with E-state index < -0.39 is 0 Å². The van der Waals surface area contributed by atoms with Gasteiger partial charge in [-0.25, -0.2) is 9.67 Å². The molecule has 0 fully saturated rings. The number of fused-ring (bicyclic) bond motifs is 3. The van der Waals surface area contributed by atoms with Crippen LogP contribution in [0.15, 0.2) is 121 Å². The van der Waals surface area contributed by atoms with E-state index in [9.17, 15) is 0 Å². The molecule has 0 amide bonds. The predicted octanol–water partition coefficient (Wildman–Crippen LogP) is 13.2. The third kappa shape index (κ3) is 6.44. The first-order valence-electron chi connectivity index (χ1n) is 19.4. The zero-order valence-corrected chi connectivity index (χ0v) is 33.2. The number of pyridine rings is 1. The molecule has 0 saturated heterocycles. The Morgan fingerprint density at radius 2 is 1.44 bits per heavy atom. The molecule has 0 spiro atoms. The summed E-state index contributed by atoms with van der Waals surface area (Å²) in [5.41, 5.74) is 11.7. The normalized spacial score (nSPS) is 16.6. The summed E-state index contributed by atoms with van der Waals surface area (Å²) in [7, 11) is 0. The maximum Gasteiger partial charge on any atom is 0.138 e. The Hall–Kier alpha value is -5.42. The van der Waals surface area contributed by atoms with Gasteiger partial charge in [-0.3, -0.25) is 4.57 Å². The quantitative estimate of drug-likeness (QED) is 0.161. The van der Waals surface area contributed by atoms with E-state index in [4.69, 9.17) is 14.8 Å². The Labute approximate surface area is 320 Å². The summed E-state index contributed by atoms with van der Waals surface area (Å²) in [5, 5.41) is 7.85. The molecule has 5 heteroatoms. The smallest absolute Gasteiger partial charge is 0.138 e. The standard InChI is InChI=1S/C49H52N4O/c1-31-26-36(53-47(49(7,8)9)45(46(51-53)48(4,5)6)44-32(2)16-15-17-33(44)3)29-38(27-31)54-37-22-23-40-39-20-13-14-21-41(39)52(42(40)30-37)43-28-35(24-25-50-43)34-18-11-10-12-19-34/h10-14,16,18-30,33,44H,15,17H2,1-9H3/t33-,44+/m0/s1. The van der Waals surface area contributed by atoms with Gasteiger partial charge in [-0.1, -0.05) is 109 Å². The Morgan fingerprint density at radius 1 is 0.704 bits per heavy atom. The number of allylic oxidation sites excluding steroid dienone is 2. The Bertz CT molecular complexity index is 2540. The van der Waals surface area contributed by atoms with Gasteiger partial charge >= 0.3 is 0 Å². The lowest BCUT2D eigenvalue weighted by molar-refractivity contribution is 0.431. The largest absolute Gasteiger partial charge is 0.457 e. The second kappa shape index (κ2) is 13.5. The molecular formula is C49H52N4O. The van der Waals surface area contributed by atoms with Crippen molar-refractivity contribution in [1.29, 1.82) is 0 Å². The van der Waals surface area contributed by atoms with Gasteiger partial charge in [0.25, 0.3) is 0 Å². The molecule has 2 atom stereocenters. The van der Waals surface area contributed by atoms with Crippen molar-refractivity contribution >= 4 is 21.8 Å². The van der Waals surface area contributed by atoms with Crippen LogP contribution in [0.5, 0.6) is 11.5 Å². The first-order valence-corrected chi connectivity index (χ1v) is 19.4. The third-order valence-electron chi connectivity index (χ3n) is 11.0. The van der Waals surface area contributed by atoms with Crippen LogP contribution in [0.1, 0.15) is 96.7 Å². The molecule has 54 heavy (non-hydrogen) atoms. The number of rotatable bonds is 6. The van der Waals surface area contributed by atoms with E-state index in [1.54, 1.807) is 0 Å².